The van der Waals surface area contributed by atoms with Crippen LogP contribution in [-0.4, -0.2) is 27.8 Å². The van der Waals surface area contributed by atoms with E-state index in [2.05, 4.69) is 15.5 Å². The molecule has 0 aliphatic heterocycles. The number of fused-ring (bicyclic) bond motifs is 1. The number of nitrogens with zero attached hydrogens (tertiary/aromatic N) is 1. The van der Waals surface area contributed by atoms with Gasteiger partial charge in [0.2, 0.25) is 0 Å². The van der Waals surface area contributed by atoms with Gasteiger partial charge >= 0.3 is 0 Å². The zero-order valence-corrected chi connectivity index (χ0v) is 12.0. The number of aromatic nitrogens is 2. The summed E-state index contributed by atoms with van der Waals surface area (Å²) in [7, 11) is 0. The molecule has 5 nitrogen and oxygen atoms in total. The molecule has 0 spiro atoms. The summed E-state index contributed by atoms with van der Waals surface area (Å²) in [5.74, 6) is -0.210. The molecule has 1 amide bonds. The molecule has 0 radical (unpaired) electrons. The second kappa shape index (κ2) is 5.33. The summed E-state index contributed by atoms with van der Waals surface area (Å²) in [5, 5.41) is 20.3. The Bertz CT molecular complexity index is 665. The Morgan fingerprint density at radius 2 is 2.29 bits per heavy atom. The first-order valence-electron chi connectivity index (χ1n) is 7.19. The molecular formula is C16H19N3O2. The third-order valence-electron chi connectivity index (χ3n) is 4.17. The first-order chi connectivity index (χ1) is 10.1. The SMILES string of the molecule is Cc1[nH]ncc1C(=O)NCC1(O)CCCc2ccccc21. The van der Waals surface area contributed by atoms with Crippen molar-refractivity contribution in [1.82, 2.24) is 15.5 Å². The zero-order valence-electron chi connectivity index (χ0n) is 12.0. The Morgan fingerprint density at radius 1 is 1.48 bits per heavy atom. The third-order valence-corrected chi connectivity index (χ3v) is 4.17. The number of rotatable bonds is 3. The van der Waals surface area contributed by atoms with E-state index in [4.69, 9.17) is 0 Å². The predicted octanol–water partition coefficient (Wildman–Crippen LogP) is 1.67. The molecule has 110 valence electrons. The molecule has 3 N–H and O–H groups in total. The van der Waals surface area contributed by atoms with Gasteiger partial charge in [-0.2, -0.15) is 5.10 Å². The van der Waals surface area contributed by atoms with Gasteiger partial charge in [0.25, 0.3) is 5.91 Å². The van der Waals surface area contributed by atoms with Crippen LogP contribution < -0.4 is 5.32 Å². The van der Waals surface area contributed by atoms with Crippen LogP contribution in [0.1, 0.15) is 40.0 Å². The zero-order chi connectivity index (χ0) is 14.9. The molecule has 2 aromatic rings. The van der Waals surface area contributed by atoms with Crippen LogP contribution in [0.15, 0.2) is 30.5 Å². The van der Waals surface area contributed by atoms with E-state index in [0.29, 0.717) is 12.0 Å². The summed E-state index contributed by atoms with van der Waals surface area (Å²) in [4.78, 5) is 12.1. The molecule has 1 aromatic heterocycles. The van der Waals surface area contributed by atoms with E-state index in [0.717, 1.165) is 24.1 Å². The van der Waals surface area contributed by atoms with Gasteiger partial charge in [-0.1, -0.05) is 24.3 Å². The molecule has 5 heteroatoms. The number of benzene rings is 1. The standard InChI is InChI=1S/C16H19N3O2/c1-11-13(9-18-19-11)15(20)17-10-16(21)8-4-6-12-5-2-3-7-14(12)16/h2-3,5,7,9,21H,4,6,8,10H2,1H3,(H,17,20)(H,18,19). The fraction of sp³-hybridized carbons (Fsp3) is 0.375. The van der Waals surface area contributed by atoms with Crippen LogP contribution in [0.4, 0.5) is 0 Å². The van der Waals surface area contributed by atoms with Gasteiger partial charge in [-0.05, 0) is 37.3 Å². The van der Waals surface area contributed by atoms with Crippen molar-refractivity contribution in [1.29, 1.82) is 0 Å². The average Bonchev–Trinajstić information content (AvgIpc) is 2.92. The second-order valence-corrected chi connectivity index (χ2v) is 5.63. The molecular weight excluding hydrogens is 266 g/mol. The van der Waals surface area contributed by atoms with Gasteiger partial charge in [0.1, 0.15) is 5.60 Å². The van der Waals surface area contributed by atoms with Crippen molar-refractivity contribution < 1.29 is 9.90 Å². The lowest BCUT2D eigenvalue weighted by molar-refractivity contribution is 0.0189. The van der Waals surface area contributed by atoms with Gasteiger partial charge in [-0.25, -0.2) is 0 Å². The quantitative estimate of drug-likeness (QED) is 0.802. The van der Waals surface area contributed by atoms with Gasteiger partial charge in [-0.3, -0.25) is 9.89 Å². The Labute approximate surface area is 123 Å². The molecule has 0 fully saturated rings. The van der Waals surface area contributed by atoms with Crippen molar-refractivity contribution in [2.75, 3.05) is 6.54 Å². The van der Waals surface area contributed by atoms with E-state index in [9.17, 15) is 9.90 Å². The Kier molecular flexibility index (Phi) is 3.51. The van der Waals surface area contributed by atoms with Crippen molar-refractivity contribution in [3.63, 3.8) is 0 Å². The van der Waals surface area contributed by atoms with Crippen LogP contribution >= 0.6 is 0 Å². The third kappa shape index (κ3) is 2.56. The molecule has 1 unspecified atom stereocenters. The fourth-order valence-electron chi connectivity index (χ4n) is 2.98. The van der Waals surface area contributed by atoms with Gasteiger partial charge in [0.05, 0.1) is 18.3 Å². The number of nitrogens with one attached hydrogen (secondary N) is 2. The largest absolute Gasteiger partial charge is 0.383 e. The van der Waals surface area contributed by atoms with Crippen molar-refractivity contribution in [3.8, 4) is 0 Å². The van der Waals surface area contributed by atoms with Gasteiger partial charge in [-0.15, -0.1) is 0 Å². The van der Waals surface area contributed by atoms with Crippen LogP contribution in [0.5, 0.6) is 0 Å². The van der Waals surface area contributed by atoms with Crippen LogP contribution in [0.2, 0.25) is 0 Å². The van der Waals surface area contributed by atoms with Gasteiger partial charge < -0.3 is 10.4 Å². The highest BCUT2D eigenvalue weighted by Gasteiger charge is 2.34. The molecule has 3 rings (SSSR count). The van der Waals surface area contributed by atoms with Crippen molar-refractivity contribution in [2.24, 2.45) is 0 Å². The van der Waals surface area contributed by atoms with E-state index >= 15 is 0 Å². The molecule has 0 saturated carbocycles. The van der Waals surface area contributed by atoms with E-state index in [-0.39, 0.29) is 12.5 Å². The van der Waals surface area contributed by atoms with Crippen LogP contribution in [0.3, 0.4) is 0 Å². The number of aliphatic hydroxyl groups is 1. The fourth-order valence-corrected chi connectivity index (χ4v) is 2.98. The highest BCUT2D eigenvalue weighted by Crippen LogP contribution is 2.34. The van der Waals surface area contributed by atoms with Crippen LogP contribution in [0.25, 0.3) is 0 Å². The number of hydrogen-bond acceptors (Lipinski definition) is 3. The summed E-state index contributed by atoms with van der Waals surface area (Å²) in [5.41, 5.74) is 2.36. The van der Waals surface area contributed by atoms with E-state index in [1.807, 2.05) is 24.3 Å². The smallest absolute Gasteiger partial charge is 0.254 e. The van der Waals surface area contributed by atoms with Crippen molar-refractivity contribution >= 4 is 5.91 Å². The maximum atomic E-state index is 12.1. The number of H-pyrrole nitrogens is 1. The van der Waals surface area contributed by atoms with Gasteiger partial charge in [0, 0.05) is 5.69 Å². The van der Waals surface area contributed by atoms with E-state index in [1.165, 1.54) is 11.8 Å². The van der Waals surface area contributed by atoms with Crippen LogP contribution in [0, 0.1) is 6.92 Å². The number of aromatic amines is 1. The first kappa shape index (κ1) is 13.8. The Hall–Kier alpha value is -2.14. The monoisotopic (exact) mass is 285 g/mol. The first-order valence-corrected chi connectivity index (χ1v) is 7.19. The number of carbonyl (C=O) groups excluding carboxylic acids is 1. The summed E-state index contributed by atoms with van der Waals surface area (Å²) < 4.78 is 0. The number of hydrogen-bond donors (Lipinski definition) is 3. The predicted molar refractivity (Wildman–Crippen MR) is 78.9 cm³/mol. The summed E-state index contributed by atoms with van der Waals surface area (Å²) in [6.45, 7) is 2.01. The lowest BCUT2D eigenvalue weighted by Crippen LogP contribution is -2.43. The number of aryl methyl sites for hydroxylation is 2. The second-order valence-electron chi connectivity index (χ2n) is 5.63. The summed E-state index contributed by atoms with van der Waals surface area (Å²) in [6, 6.07) is 7.90. The van der Waals surface area contributed by atoms with Crippen molar-refractivity contribution in [2.45, 2.75) is 31.8 Å². The lowest BCUT2D eigenvalue weighted by Gasteiger charge is -2.34. The maximum absolute atomic E-state index is 12.1. The number of amides is 1. The topological polar surface area (TPSA) is 78.0 Å². The van der Waals surface area contributed by atoms with E-state index in [1.54, 1.807) is 6.92 Å². The maximum Gasteiger partial charge on any atom is 0.254 e. The Morgan fingerprint density at radius 3 is 3.05 bits per heavy atom. The minimum absolute atomic E-state index is 0.210. The molecule has 1 aromatic carbocycles. The molecule has 1 heterocycles. The molecule has 1 atom stereocenters. The normalized spacial score (nSPS) is 20.9. The van der Waals surface area contributed by atoms with E-state index < -0.39 is 5.60 Å². The highest BCUT2D eigenvalue weighted by molar-refractivity contribution is 5.95. The summed E-state index contributed by atoms with van der Waals surface area (Å²) >= 11 is 0. The summed E-state index contributed by atoms with van der Waals surface area (Å²) in [6.07, 6.45) is 4.07. The molecule has 1 aliphatic rings. The molecule has 0 saturated heterocycles. The number of carbonyl (C=O) groups is 1. The molecule has 21 heavy (non-hydrogen) atoms. The molecule has 1 aliphatic carbocycles. The highest BCUT2D eigenvalue weighted by atomic mass is 16.3. The van der Waals surface area contributed by atoms with Crippen LogP contribution in [-0.2, 0) is 12.0 Å². The van der Waals surface area contributed by atoms with Crippen molar-refractivity contribution in [3.05, 3.63) is 52.8 Å². The lowest BCUT2D eigenvalue weighted by atomic mass is 9.79. The van der Waals surface area contributed by atoms with Gasteiger partial charge in [0.15, 0.2) is 0 Å². The minimum atomic E-state index is -0.984. The Balaban J connectivity index is 1.76. The average molecular weight is 285 g/mol. The minimum Gasteiger partial charge on any atom is -0.383 e. The molecule has 0 bridgehead atoms.